The van der Waals surface area contributed by atoms with E-state index in [1.807, 2.05) is 10.8 Å². The lowest BCUT2D eigenvalue weighted by Gasteiger charge is -2.28. The first-order valence-electron chi connectivity index (χ1n) is 6.21. The summed E-state index contributed by atoms with van der Waals surface area (Å²) in [6.45, 7) is 3.37. The van der Waals surface area contributed by atoms with Crippen molar-refractivity contribution in [2.24, 2.45) is 0 Å². The van der Waals surface area contributed by atoms with Gasteiger partial charge in [0.1, 0.15) is 11.6 Å². The van der Waals surface area contributed by atoms with Gasteiger partial charge < -0.3 is 9.47 Å². The lowest BCUT2D eigenvalue weighted by Crippen LogP contribution is -2.38. The normalized spacial score (nSPS) is 14.3. The first-order valence-corrected chi connectivity index (χ1v) is 6.21. The summed E-state index contributed by atoms with van der Waals surface area (Å²) in [6, 6.07) is 4.90. The van der Waals surface area contributed by atoms with Gasteiger partial charge in [-0.25, -0.2) is 9.37 Å². The third-order valence-corrected chi connectivity index (χ3v) is 3.45. The first kappa shape index (κ1) is 11.9. The molecule has 2 aromatic rings. The van der Waals surface area contributed by atoms with Crippen LogP contribution in [0.1, 0.15) is 21.7 Å². The molecule has 1 aliphatic heterocycles. The summed E-state index contributed by atoms with van der Waals surface area (Å²) in [5, 5.41) is 0. The van der Waals surface area contributed by atoms with Crippen LogP contribution in [0.15, 0.2) is 30.6 Å². The summed E-state index contributed by atoms with van der Waals surface area (Å²) < 4.78 is 16.0. The number of aryl methyl sites for hydroxylation is 1. The van der Waals surface area contributed by atoms with E-state index in [1.165, 1.54) is 6.07 Å². The fourth-order valence-corrected chi connectivity index (χ4v) is 2.33. The molecule has 0 saturated heterocycles. The first-order chi connectivity index (χ1) is 9.16. The van der Waals surface area contributed by atoms with Crippen LogP contribution >= 0.6 is 0 Å². The van der Waals surface area contributed by atoms with Crippen LogP contribution in [-0.2, 0) is 13.1 Å². The minimum atomic E-state index is -0.429. The Kier molecular flexibility index (Phi) is 2.81. The number of carbonyl (C=O) groups is 1. The molecule has 0 fully saturated rings. The van der Waals surface area contributed by atoms with E-state index >= 15 is 0 Å². The highest BCUT2D eigenvalue weighted by atomic mass is 19.1. The zero-order chi connectivity index (χ0) is 13.4. The van der Waals surface area contributed by atoms with Crippen LogP contribution in [0.3, 0.4) is 0 Å². The van der Waals surface area contributed by atoms with E-state index in [0.717, 1.165) is 5.82 Å². The number of amides is 1. The molecule has 0 aliphatic carbocycles. The van der Waals surface area contributed by atoms with Crippen molar-refractivity contribution in [2.45, 2.75) is 20.0 Å². The molecule has 0 saturated carbocycles. The predicted octanol–water partition coefficient (Wildman–Crippen LogP) is 1.99. The van der Waals surface area contributed by atoms with Gasteiger partial charge >= 0.3 is 0 Å². The second-order valence-electron chi connectivity index (χ2n) is 4.70. The van der Waals surface area contributed by atoms with Crippen molar-refractivity contribution in [2.75, 3.05) is 6.54 Å². The number of aromatic nitrogens is 2. The molecule has 3 rings (SSSR count). The molecule has 2 heterocycles. The average molecular weight is 259 g/mol. The molecule has 1 amide bonds. The maximum atomic E-state index is 14.0. The van der Waals surface area contributed by atoms with Gasteiger partial charge in [0, 0.05) is 25.5 Å². The fourth-order valence-electron chi connectivity index (χ4n) is 2.33. The molecule has 0 bridgehead atoms. The van der Waals surface area contributed by atoms with Crippen LogP contribution in [0.2, 0.25) is 0 Å². The summed E-state index contributed by atoms with van der Waals surface area (Å²) in [6.07, 6.45) is 3.61. The van der Waals surface area contributed by atoms with Crippen molar-refractivity contribution in [3.63, 3.8) is 0 Å². The van der Waals surface area contributed by atoms with Crippen molar-refractivity contribution < 1.29 is 9.18 Å². The number of nitrogens with zero attached hydrogens (tertiary/aromatic N) is 3. The highest BCUT2D eigenvalue weighted by Crippen LogP contribution is 2.17. The Hall–Kier alpha value is -2.17. The third kappa shape index (κ3) is 2.01. The van der Waals surface area contributed by atoms with Crippen molar-refractivity contribution in [1.82, 2.24) is 14.5 Å². The molecular formula is C14H14FN3O. The van der Waals surface area contributed by atoms with Crippen LogP contribution < -0.4 is 0 Å². The van der Waals surface area contributed by atoms with E-state index in [4.69, 9.17) is 0 Å². The Bertz CT molecular complexity index is 635. The largest absolute Gasteiger partial charge is 0.332 e. The Morgan fingerprint density at radius 1 is 1.37 bits per heavy atom. The number of halogens is 1. The van der Waals surface area contributed by atoms with Crippen molar-refractivity contribution in [3.8, 4) is 0 Å². The van der Waals surface area contributed by atoms with Crippen molar-refractivity contribution in [1.29, 1.82) is 0 Å². The van der Waals surface area contributed by atoms with E-state index in [0.29, 0.717) is 25.2 Å². The highest BCUT2D eigenvalue weighted by molar-refractivity contribution is 5.94. The van der Waals surface area contributed by atoms with Gasteiger partial charge in [-0.1, -0.05) is 12.1 Å². The van der Waals surface area contributed by atoms with Gasteiger partial charge in [-0.05, 0) is 18.6 Å². The topological polar surface area (TPSA) is 38.1 Å². The summed E-state index contributed by atoms with van der Waals surface area (Å²) in [4.78, 5) is 18.2. The molecule has 1 aromatic carbocycles. The van der Waals surface area contributed by atoms with E-state index in [2.05, 4.69) is 4.98 Å². The third-order valence-electron chi connectivity index (χ3n) is 3.45. The van der Waals surface area contributed by atoms with E-state index in [9.17, 15) is 9.18 Å². The summed E-state index contributed by atoms with van der Waals surface area (Å²) in [5.74, 6) is 0.143. The van der Waals surface area contributed by atoms with E-state index in [1.54, 1.807) is 30.2 Å². The van der Waals surface area contributed by atoms with Crippen LogP contribution in [-0.4, -0.2) is 26.9 Å². The maximum absolute atomic E-state index is 14.0. The van der Waals surface area contributed by atoms with Crippen LogP contribution in [0.5, 0.6) is 0 Å². The number of rotatable bonds is 1. The molecule has 1 aliphatic rings. The second-order valence-corrected chi connectivity index (χ2v) is 4.70. The Labute approximate surface area is 110 Å². The number of benzene rings is 1. The number of hydrogen-bond donors (Lipinski definition) is 0. The van der Waals surface area contributed by atoms with Crippen LogP contribution in [0.25, 0.3) is 0 Å². The fraction of sp³-hybridized carbons (Fsp3) is 0.286. The number of imidazole rings is 1. The van der Waals surface area contributed by atoms with Gasteiger partial charge in [0.05, 0.1) is 12.1 Å². The predicted molar refractivity (Wildman–Crippen MR) is 68.1 cm³/mol. The molecular weight excluding hydrogens is 245 g/mol. The van der Waals surface area contributed by atoms with Crippen LogP contribution in [0.4, 0.5) is 4.39 Å². The molecule has 0 atom stereocenters. The van der Waals surface area contributed by atoms with Gasteiger partial charge in [0.15, 0.2) is 0 Å². The highest BCUT2D eigenvalue weighted by Gasteiger charge is 2.24. The van der Waals surface area contributed by atoms with Crippen molar-refractivity contribution >= 4 is 5.91 Å². The quantitative estimate of drug-likeness (QED) is 0.785. The molecule has 1 aromatic heterocycles. The number of carbonyl (C=O) groups excluding carboxylic acids is 1. The summed E-state index contributed by atoms with van der Waals surface area (Å²) in [5.41, 5.74) is 0.629. The van der Waals surface area contributed by atoms with Gasteiger partial charge in [-0.15, -0.1) is 0 Å². The molecule has 5 heteroatoms. The van der Waals surface area contributed by atoms with Gasteiger partial charge in [0.2, 0.25) is 0 Å². The average Bonchev–Trinajstić information content (AvgIpc) is 2.88. The van der Waals surface area contributed by atoms with E-state index in [-0.39, 0.29) is 11.5 Å². The molecule has 0 radical (unpaired) electrons. The van der Waals surface area contributed by atoms with Gasteiger partial charge in [-0.3, -0.25) is 4.79 Å². The van der Waals surface area contributed by atoms with Crippen molar-refractivity contribution in [3.05, 3.63) is 53.4 Å². The van der Waals surface area contributed by atoms with Gasteiger partial charge in [0.25, 0.3) is 5.91 Å². The van der Waals surface area contributed by atoms with Gasteiger partial charge in [-0.2, -0.15) is 0 Å². The number of hydrogen-bond acceptors (Lipinski definition) is 2. The smallest absolute Gasteiger partial charge is 0.257 e. The standard InChI is InChI=1S/C14H14FN3O/c1-10-3-2-4-11(13(10)15)14(19)18-8-7-17-6-5-16-12(17)9-18/h2-6H,7-9H2,1H3. The molecule has 0 unspecified atom stereocenters. The van der Waals surface area contributed by atoms with E-state index < -0.39 is 5.82 Å². The molecule has 98 valence electrons. The molecule has 0 N–H and O–H groups in total. The Balaban J connectivity index is 1.88. The minimum Gasteiger partial charge on any atom is -0.332 e. The molecule has 0 spiro atoms. The maximum Gasteiger partial charge on any atom is 0.257 e. The van der Waals surface area contributed by atoms with Crippen LogP contribution in [0, 0.1) is 12.7 Å². The lowest BCUT2D eigenvalue weighted by molar-refractivity contribution is 0.0702. The Morgan fingerprint density at radius 2 is 2.21 bits per heavy atom. The monoisotopic (exact) mass is 259 g/mol. The summed E-state index contributed by atoms with van der Waals surface area (Å²) in [7, 11) is 0. The second kappa shape index (κ2) is 4.50. The molecule has 19 heavy (non-hydrogen) atoms. The Morgan fingerprint density at radius 3 is 3.05 bits per heavy atom. The number of fused-ring (bicyclic) bond motifs is 1. The zero-order valence-electron chi connectivity index (χ0n) is 10.6. The summed E-state index contributed by atoms with van der Waals surface area (Å²) >= 11 is 0. The zero-order valence-corrected chi connectivity index (χ0v) is 10.6. The lowest BCUT2D eigenvalue weighted by atomic mass is 10.1. The molecule has 4 nitrogen and oxygen atoms in total. The SMILES string of the molecule is Cc1cccc(C(=O)N2CCn3ccnc3C2)c1F. The minimum absolute atomic E-state index is 0.139.